The van der Waals surface area contributed by atoms with E-state index in [0.29, 0.717) is 17.2 Å². The number of rotatable bonds is 4. The van der Waals surface area contributed by atoms with Crippen LogP contribution in [0.15, 0.2) is 30.3 Å². The summed E-state index contributed by atoms with van der Waals surface area (Å²) in [6.45, 7) is 8.06. The molecule has 110 valence electrons. The second-order valence-electron chi connectivity index (χ2n) is 5.56. The fourth-order valence-corrected chi connectivity index (χ4v) is 2.63. The van der Waals surface area contributed by atoms with Crippen molar-refractivity contribution in [2.24, 2.45) is 0 Å². The lowest BCUT2D eigenvalue weighted by molar-refractivity contribution is 0.112. The lowest BCUT2D eigenvalue weighted by Gasteiger charge is -2.15. The van der Waals surface area contributed by atoms with Gasteiger partial charge in [-0.2, -0.15) is 0 Å². The van der Waals surface area contributed by atoms with Crippen LogP contribution in [0.4, 0.5) is 0 Å². The van der Waals surface area contributed by atoms with Gasteiger partial charge >= 0.3 is 0 Å². The second kappa shape index (κ2) is 6.31. The van der Waals surface area contributed by atoms with Gasteiger partial charge in [-0.05, 0) is 55.2 Å². The fraction of sp³-hybridized carbons (Fsp3) is 0.278. The van der Waals surface area contributed by atoms with Crippen molar-refractivity contribution in [2.45, 2.75) is 33.6 Å². The Morgan fingerprint density at radius 1 is 1.10 bits per heavy atom. The first kappa shape index (κ1) is 15.6. The van der Waals surface area contributed by atoms with Gasteiger partial charge in [-0.3, -0.25) is 4.79 Å². The molecule has 3 heteroatoms. The van der Waals surface area contributed by atoms with Crippen LogP contribution in [-0.2, 0) is 0 Å². The van der Waals surface area contributed by atoms with Crippen molar-refractivity contribution < 1.29 is 9.53 Å². The molecular weight excluding hydrogens is 284 g/mol. The van der Waals surface area contributed by atoms with Crippen LogP contribution in [0.5, 0.6) is 11.5 Å². The molecule has 0 bridgehead atoms. The van der Waals surface area contributed by atoms with Crippen LogP contribution in [0, 0.1) is 13.8 Å². The molecular formula is C18H19ClO2. The molecule has 0 aromatic heterocycles. The smallest absolute Gasteiger partial charge is 0.153 e. The fourth-order valence-electron chi connectivity index (χ4n) is 2.19. The average molecular weight is 303 g/mol. The standard InChI is InChI=1S/C18H19ClO2/c1-11(2)15-9-18(13(4)8-16(15)19)21-17-6-5-12(3)7-14(17)10-20/h5-11H,1-4H3. The molecule has 0 radical (unpaired) electrons. The molecule has 0 fully saturated rings. The highest BCUT2D eigenvalue weighted by Crippen LogP contribution is 2.34. The zero-order valence-corrected chi connectivity index (χ0v) is 13.5. The van der Waals surface area contributed by atoms with Crippen LogP contribution >= 0.6 is 11.6 Å². The van der Waals surface area contributed by atoms with Crippen molar-refractivity contribution in [3.8, 4) is 11.5 Å². The molecule has 2 aromatic rings. The van der Waals surface area contributed by atoms with E-state index in [4.69, 9.17) is 16.3 Å². The Labute approximate surface area is 130 Å². The third kappa shape index (κ3) is 3.45. The van der Waals surface area contributed by atoms with E-state index < -0.39 is 0 Å². The minimum atomic E-state index is 0.309. The van der Waals surface area contributed by atoms with Gasteiger partial charge < -0.3 is 4.74 Å². The normalized spacial score (nSPS) is 10.8. The molecule has 0 saturated heterocycles. The predicted molar refractivity (Wildman–Crippen MR) is 86.9 cm³/mol. The largest absolute Gasteiger partial charge is 0.456 e. The van der Waals surface area contributed by atoms with Gasteiger partial charge in [0.1, 0.15) is 11.5 Å². The van der Waals surface area contributed by atoms with Gasteiger partial charge in [0.15, 0.2) is 6.29 Å². The molecule has 0 aliphatic carbocycles. The molecule has 0 amide bonds. The summed E-state index contributed by atoms with van der Waals surface area (Å²) < 4.78 is 5.94. The van der Waals surface area contributed by atoms with E-state index in [1.54, 1.807) is 0 Å². The monoisotopic (exact) mass is 302 g/mol. The van der Waals surface area contributed by atoms with Crippen molar-refractivity contribution in [3.05, 3.63) is 57.6 Å². The van der Waals surface area contributed by atoms with Crippen LogP contribution < -0.4 is 4.74 Å². The van der Waals surface area contributed by atoms with E-state index in [2.05, 4.69) is 13.8 Å². The average Bonchev–Trinajstić information content (AvgIpc) is 2.42. The van der Waals surface area contributed by atoms with Crippen molar-refractivity contribution in [3.63, 3.8) is 0 Å². The first-order chi connectivity index (χ1) is 9.92. The van der Waals surface area contributed by atoms with Crippen molar-refractivity contribution in [2.75, 3.05) is 0 Å². The van der Waals surface area contributed by atoms with Crippen molar-refractivity contribution in [1.82, 2.24) is 0 Å². The lowest BCUT2D eigenvalue weighted by atomic mass is 10.0. The van der Waals surface area contributed by atoms with Crippen LogP contribution in [0.1, 0.15) is 46.8 Å². The SMILES string of the molecule is Cc1ccc(Oc2cc(C(C)C)c(Cl)cc2C)c(C=O)c1. The molecule has 2 nitrogen and oxygen atoms in total. The van der Waals surface area contributed by atoms with Gasteiger partial charge in [-0.1, -0.05) is 37.1 Å². The van der Waals surface area contributed by atoms with Crippen molar-refractivity contribution in [1.29, 1.82) is 0 Å². The van der Waals surface area contributed by atoms with Crippen LogP contribution in [-0.4, -0.2) is 6.29 Å². The molecule has 0 saturated carbocycles. The molecule has 2 rings (SSSR count). The highest BCUT2D eigenvalue weighted by molar-refractivity contribution is 6.31. The van der Waals surface area contributed by atoms with E-state index >= 15 is 0 Å². The van der Waals surface area contributed by atoms with Gasteiger partial charge in [0, 0.05) is 5.02 Å². The summed E-state index contributed by atoms with van der Waals surface area (Å²) in [5.74, 6) is 1.61. The number of benzene rings is 2. The van der Waals surface area contributed by atoms with E-state index in [9.17, 15) is 4.79 Å². The van der Waals surface area contributed by atoms with Crippen LogP contribution in [0.25, 0.3) is 0 Å². The number of carbonyl (C=O) groups excluding carboxylic acids is 1. The van der Waals surface area contributed by atoms with E-state index in [0.717, 1.165) is 33.7 Å². The van der Waals surface area contributed by atoms with E-state index in [1.165, 1.54) is 0 Å². The van der Waals surface area contributed by atoms with Gasteiger partial charge in [0.05, 0.1) is 5.56 Å². The molecule has 0 N–H and O–H groups in total. The molecule has 0 unspecified atom stereocenters. The third-order valence-corrected chi connectivity index (χ3v) is 3.76. The predicted octanol–water partition coefficient (Wildman–Crippen LogP) is 5.69. The lowest BCUT2D eigenvalue weighted by Crippen LogP contribution is -1.96. The summed E-state index contributed by atoms with van der Waals surface area (Å²) in [7, 11) is 0. The maximum atomic E-state index is 11.2. The van der Waals surface area contributed by atoms with Gasteiger partial charge in [0.25, 0.3) is 0 Å². The van der Waals surface area contributed by atoms with Gasteiger partial charge in [-0.15, -0.1) is 0 Å². The summed E-state index contributed by atoms with van der Waals surface area (Å²) >= 11 is 6.27. The summed E-state index contributed by atoms with van der Waals surface area (Å²) in [6.07, 6.45) is 0.816. The number of hydrogen-bond acceptors (Lipinski definition) is 2. The summed E-state index contributed by atoms with van der Waals surface area (Å²) in [6, 6.07) is 9.42. The van der Waals surface area contributed by atoms with E-state index in [-0.39, 0.29) is 0 Å². The van der Waals surface area contributed by atoms with E-state index in [1.807, 2.05) is 44.2 Å². The number of aryl methyl sites for hydroxylation is 2. The highest BCUT2D eigenvalue weighted by Gasteiger charge is 2.12. The molecule has 0 heterocycles. The first-order valence-corrected chi connectivity index (χ1v) is 7.34. The molecule has 0 aliphatic rings. The molecule has 0 aliphatic heterocycles. The Balaban J connectivity index is 2.44. The topological polar surface area (TPSA) is 26.3 Å². The molecule has 0 atom stereocenters. The van der Waals surface area contributed by atoms with Crippen molar-refractivity contribution >= 4 is 17.9 Å². The zero-order valence-electron chi connectivity index (χ0n) is 12.7. The quantitative estimate of drug-likeness (QED) is 0.679. The summed E-state index contributed by atoms with van der Waals surface area (Å²) in [5.41, 5.74) is 3.56. The molecule has 2 aromatic carbocycles. The third-order valence-electron chi connectivity index (χ3n) is 3.43. The Hall–Kier alpha value is -1.80. The molecule has 0 spiro atoms. The second-order valence-corrected chi connectivity index (χ2v) is 5.96. The van der Waals surface area contributed by atoms with Gasteiger partial charge in [-0.25, -0.2) is 0 Å². The summed E-state index contributed by atoms with van der Waals surface area (Å²) in [4.78, 5) is 11.2. The number of hydrogen-bond donors (Lipinski definition) is 0. The highest BCUT2D eigenvalue weighted by atomic mass is 35.5. The van der Waals surface area contributed by atoms with Crippen LogP contribution in [0.3, 0.4) is 0 Å². The van der Waals surface area contributed by atoms with Gasteiger partial charge in [0.2, 0.25) is 0 Å². The minimum Gasteiger partial charge on any atom is -0.456 e. The maximum absolute atomic E-state index is 11.2. The number of aldehydes is 1. The maximum Gasteiger partial charge on any atom is 0.153 e. The number of halogens is 1. The Kier molecular flexibility index (Phi) is 4.69. The first-order valence-electron chi connectivity index (χ1n) is 6.96. The minimum absolute atomic E-state index is 0.309. The Morgan fingerprint density at radius 2 is 1.81 bits per heavy atom. The van der Waals surface area contributed by atoms with Crippen LogP contribution in [0.2, 0.25) is 5.02 Å². The number of carbonyl (C=O) groups is 1. The number of ether oxygens (including phenoxy) is 1. The Bertz CT molecular complexity index is 675. The molecule has 21 heavy (non-hydrogen) atoms. The Morgan fingerprint density at radius 3 is 2.43 bits per heavy atom. The zero-order chi connectivity index (χ0) is 15.6. The summed E-state index contributed by atoms with van der Waals surface area (Å²) in [5, 5.41) is 0.745.